The third-order valence-electron chi connectivity index (χ3n) is 1.00. The van der Waals surface area contributed by atoms with Crippen LogP contribution in [0.25, 0.3) is 0 Å². The molecule has 0 unspecified atom stereocenters. The Morgan fingerprint density at radius 3 is 1.75 bits per heavy atom. The van der Waals surface area contributed by atoms with Gasteiger partial charge in [0.2, 0.25) is 0 Å². The quantitative estimate of drug-likeness (QED) is 0.590. The molecule has 0 aliphatic carbocycles. The molecule has 0 saturated carbocycles. The highest BCUT2D eigenvalue weighted by Crippen LogP contribution is 2.34. The van der Waals surface area contributed by atoms with Gasteiger partial charge in [0.05, 0.1) is 12.4 Å². The van der Waals surface area contributed by atoms with E-state index in [1.807, 2.05) is 29.9 Å². The van der Waals surface area contributed by atoms with E-state index in [1.54, 1.807) is 0 Å². The van der Waals surface area contributed by atoms with Crippen molar-refractivity contribution in [1.82, 2.24) is 0 Å². The lowest BCUT2D eigenvalue weighted by molar-refractivity contribution is -0.510. The van der Waals surface area contributed by atoms with Crippen LogP contribution in [0.5, 0.6) is 0 Å². The van der Waals surface area contributed by atoms with Gasteiger partial charge in [-0.2, -0.15) is 0 Å². The zero-order valence-corrected chi connectivity index (χ0v) is 7.86. The van der Waals surface area contributed by atoms with E-state index in [-0.39, 0.29) is 0 Å². The maximum absolute atomic E-state index is 9.95. The average molecular weight is 193 g/mol. The Morgan fingerprint density at radius 1 is 1.25 bits per heavy atom. The van der Waals surface area contributed by atoms with E-state index in [0.717, 1.165) is 14.2 Å². The fraction of sp³-hybridized carbons (Fsp3) is 0.333. The van der Waals surface area contributed by atoms with E-state index in [9.17, 15) is 9.46 Å². The van der Waals surface area contributed by atoms with Crippen LogP contribution in [0.3, 0.4) is 0 Å². The standard InChI is InChI=1S/C4H5N.C2H7O4P/c1-2-4-5-3-1;1-5-7(3,4)6-2/h1-5H;1-2H3,(H,3,4). The van der Waals surface area contributed by atoms with Crippen molar-refractivity contribution in [2.24, 2.45) is 0 Å². The Balaban J connectivity index is 0.000000211. The van der Waals surface area contributed by atoms with E-state index >= 15 is 0 Å². The number of rotatable bonds is 2. The van der Waals surface area contributed by atoms with Crippen LogP contribution >= 0.6 is 7.82 Å². The maximum atomic E-state index is 9.95. The third kappa shape index (κ3) is 6.27. The highest BCUT2D eigenvalue weighted by atomic mass is 31.2. The van der Waals surface area contributed by atoms with E-state index in [0.29, 0.717) is 0 Å². The van der Waals surface area contributed by atoms with Crippen molar-refractivity contribution in [1.29, 1.82) is 0 Å². The van der Waals surface area contributed by atoms with Crippen LogP contribution < -0.4 is 10.2 Å². The van der Waals surface area contributed by atoms with Crippen LogP contribution in [0, 0.1) is 0 Å². The van der Waals surface area contributed by atoms with Gasteiger partial charge in [-0.3, -0.25) is 9.88 Å². The second kappa shape index (κ2) is 6.11. The fourth-order valence-corrected chi connectivity index (χ4v) is 0.544. The molecule has 6 heteroatoms. The van der Waals surface area contributed by atoms with E-state index < -0.39 is 7.82 Å². The van der Waals surface area contributed by atoms with Gasteiger partial charge < -0.3 is 13.9 Å². The second-order valence-electron chi connectivity index (χ2n) is 1.77. The van der Waals surface area contributed by atoms with Crippen molar-refractivity contribution in [2.75, 3.05) is 14.2 Å². The van der Waals surface area contributed by atoms with Crippen LogP contribution in [0.15, 0.2) is 24.6 Å². The molecule has 0 bridgehead atoms. The van der Waals surface area contributed by atoms with Crippen molar-refractivity contribution in [3.05, 3.63) is 24.6 Å². The van der Waals surface area contributed by atoms with Gasteiger partial charge in [-0.15, -0.1) is 0 Å². The van der Waals surface area contributed by atoms with E-state index in [2.05, 4.69) is 9.05 Å². The predicted octanol–water partition coefficient (Wildman–Crippen LogP) is -0.662. The number of phosphoric acid groups is 1. The molecule has 70 valence electrons. The highest BCUT2D eigenvalue weighted by Gasteiger charge is 1.98. The lowest BCUT2D eigenvalue weighted by Crippen LogP contribution is -2.69. The lowest BCUT2D eigenvalue weighted by Gasteiger charge is -2.16. The van der Waals surface area contributed by atoms with Crippen LogP contribution in [-0.2, 0) is 13.6 Å². The zero-order valence-electron chi connectivity index (χ0n) is 6.97. The van der Waals surface area contributed by atoms with Crippen LogP contribution in [0.1, 0.15) is 0 Å². The first-order chi connectivity index (χ1) is 5.62. The summed E-state index contributed by atoms with van der Waals surface area (Å²) < 4.78 is 17.7. The Hall–Kier alpha value is -0.450. The summed E-state index contributed by atoms with van der Waals surface area (Å²) in [5.41, 5.74) is 0. The minimum absolute atomic E-state index is 1.04. The number of hydrogen-bond acceptors (Lipinski definition) is 4. The molecular weight excluding hydrogens is 181 g/mol. The van der Waals surface area contributed by atoms with Crippen molar-refractivity contribution in [3.8, 4) is 0 Å². The van der Waals surface area contributed by atoms with Gasteiger partial charge in [-0.05, 0) is 12.2 Å². The maximum Gasteiger partial charge on any atom is 0.267 e. The molecule has 1 heterocycles. The van der Waals surface area contributed by atoms with Crippen molar-refractivity contribution < 1.29 is 23.8 Å². The Labute approximate surface area is 71.3 Å². The predicted molar refractivity (Wildman–Crippen MR) is 41.8 cm³/mol. The summed E-state index contributed by atoms with van der Waals surface area (Å²) in [6.07, 6.45) is 8.00. The lowest BCUT2D eigenvalue weighted by atomic mass is 10.6. The third-order valence-corrected chi connectivity index (χ3v) is 1.90. The minimum Gasteiger partial charge on any atom is -0.756 e. The summed E-state index contributed by atoms with van der Waals surface area (Å²) >= 11 is 0. The monoisotopic (exact) mass is 193 g/mol. The Morgan fingerprint density at radius 2 is 1.67 bits per heavy atom. The van der Waals surface area contributed by atoms with Gasteiger partial charge in [0.1, 0.15) is 0 Å². The highest BCUT2D eigenvalue weighted by molar-refractivity contribution is 7.45. The molecule has 0 saturated heterocycles. The van der Waals surface area contributed by atoms with Gasteiger partial charge in [-0.1, -0.05) is 0 Å². The molecule has 0 aromatic heterocycles. The first-order valence-electron chi connectivity index (χ1n) is 3.21. The molecule has 0 aromatic carbocycles. The fourth-order valence-electron chi connectivity index (χ4n) is 0.395. The van der Waals surface area contributed by atoms with Gasteiger partial charge in [0, 0.05) is 14.2 Å². The molecular formula is C6H12NO4P. The normalized spacial score (nSPS) is 14.2. The molecule has 5 nitrogen and oxygen atoms in total. The second-order valence-corrected chi connectivity index (χ2v) is 3.40. The molecule has 0 fully saturated rings. The Kier molecular flexibility index (Phi) is 5.88. The van der Waals surface area contributed by atoms with E-state index in [4.69, 9.17) is 0 Å². The average Bonchev–Trinajstić information content (AvgIpc) is 2.62. The van der Waals surface area contributed by atoms with Gasteiger partial charge in [-0.25, -0.2) is 0 Å². The summed E-state index contributed by atoms with van der Waals surface area (Å²) in [6.45, 7) is 0. The van der Waals surface area contributed by atoms with Crippen molar-refractivity contribution in [3.63, 3.8) is 0 Å². The number of allylic oxidation sites excluding steroid dienone is 2. The Bertz CT molecular complexity index is 196. The smallest absolute Gasteiger partial charge is 0.267 e. The molecule has 0 radical (unpaired) electrons. The first-order valence-corrected chi connectivity index (χ1v) is 4.67. The van der Waals surface area contributed by atoms with Crippen molar-refractivity contribution >= 4 is 7.82 Å². The molecule has 0 amide bonds. The van der Waals surface area contributed by atoms with Crippen LogP contribution in [0.4, 0.5) is 0 Å². The summed E-state index contributed by atoms with van der Waals surface area (Å²) in [5, 5.41) is 2.00. The van der Waals surface area contributed by atoms with Crippen molar-refractivity contribution in [2.45, 2.75) is 0 Å². The molecule has 1 aliphatic heterocycles. The van der Waals surface area contributed by atoms with Gasteiger partial charge in [0.15, 0.2) is 0 Å². The SMILES string of the molecule is C1=C[NH2+]C=C1.COP(=O)([O-])OC. The summed E-state index contributed by atoms with van der Waals surface area (Å²) in [6, 6.07) is 0. The first kappa shape index (κ1) is 11.6. The van der Waals surface area contributed by atoms with Gasteiger partial charge >= 0.3 is 0 Å². The van der Waals surface area contributed by atoms with E-state index in [1.165, 1.54) is 0 Å². The summed E-state index contributed by atoms with van der Waals surface area (Å²) in [5.74, 6) is 0. The van der Waals surface area contributed by atoms with Gasteiger partial charge in [0.25, 0.3) is 7.82 Å². The summed E-state index contributed by atoms with van der Waals surface area (Å²) in [7, 11) is -1.83. The molecule has 2 N–H and O–H groups in total. The molecule has 12 heavy (non-hydrogen) atoms. The molecule has 1 aliphatic rings. The molecule has 0 spiro atoms. The molecule has 0 aromatic rings. The number of nitrogens with two attached hydrogens (primary N) is 1. The minimum atomic E-state index is -3.90. The number of phosphoric ester groups is 1. The van der Waals surface area contributed by atoms with Crippen LogP contribution in [-0.4, -0.2) is 14.2 Å². The largest absolute Gasteiger partial charge is 0.756 e. The number of quaternary nitrogens is 1. The topological polar surface area (TPSA) is 75.2 Å². The zero-order chi connectivity index (χ0) is 9.45. The van der Waals surface area contributed by atoms with Crippen LogP contribution in [0.2, 0.25) is 0 Å². The molecule has 1 rings (SSSR count). The number of hydrogen-bond donors (Lipinski definition) is 1. The summed E-state index contributed by atoms with van der Waals surface area (Å²) in [4.78, 5) is 9.95. The molecule has 0 atom stereocenters.